The Morgan fingerprint density at radius 1 is 1.05 bits per heavy atom. The van der Waals surface area contributed by atoms with E-state index in [1.165, 1.54) is 10.4 Å². The lowest BCUT2D eigenvalue weighted by Crippen LogP contribution is -2.25. The van der Waals surface area contributed by atoms with E-state index >= 15 is 0 Å². The number of hydrogen-bond acceptors (Lipinski definition) is 6. The maximum atomic E-state index is 13.1. The summed E-state index contributed by atoms with van der Waals surface area (Å²) >= 11 is 1.60. The Balaban J connectivity index is 1.41. The number of likely N-dealkylation sites (N-methyl/N-ethyl adjacent to an activating group) is 1. The molecule has 2 aromatic heterocycles. The molecule has 7 nitrogen and oxygen atoms in total. The molecule has 0 bridgehead atoms. The van der Waals surface area contributed by atoms with Gasteiger partial charge in [-0.05, 0) is 60.3 Å². The first-order chi connectivity index (χ1) is 18.5. The number of nitrogens with zero attached hydrogens (tertiary/aromatic N) is 3. The van der Waals surface area contributed by atoms with Crippen LogP contribution in [-0.2, 0) is 25.4 Å². The van der Waals surface area contributed by atoms with Crippen LogP contribution in [-0.4, -0.2) is 34.0 Å². The number of nitrogens with one attached hydrogen (secondary N) is 2. The summed E-state index contributed by atoms with van der Waals surface area (Å²) in [5.74, 6) is -0.156. The van der Waals surface area contributed by atoms with Gasteiger partial charge in [0.05, 0.1) is 5.69 Å². The molecule has 202 valence electrons. The van der Waals surface area contributed by atoms with Crippen LogP contribution >= 0.6 is 11.3 Å². The Kier molecular flexibility index (Phi) is 7.18. The standard InChI is InChI=1S/C31H35N5O2S/c1-19-23(8-7-9-24(19)32-28(37)20-10-12-22(13-11-20)31(2,3)4)21-16-26(29(38)36(6)17-21)34-30-33-25-14-15-35(5)18-27(25)39-30/h7-13,16-17H,14-15,18H2,1-6H3,(H,32,37)(H,33,34). The van der Waals surface area contributed by atoms with E-state index < -0.39 is 0 Å². The Labute approximate surface area is 233 Å². The van der Waals surface area contributed by atoms with Crippen LogP contribution in [0.4, 0.5) is 16.5 Å². The molecule has 2 N–H and O–H groups in total. The van der Waals surface area contributed by atoms with Gasteiger partial charge in [0, 0.05) is 54.4 Å². The summed E-state index contributed by atoms with van der Waals surface area (Å²) in [5.41, 5.74) is 6.76. The fraction of sp³-hybridized carbons (Fsp3) is 0.323. The van der Waals surface area contributed by atoms with Gasteiger partial charge in [-0.2, -0.15) is 0 Å². The Morgan fingerprint density at radius 2 is 1.79 bits per heavy atom. The van der Waals surface area contributed by atoms with Crippen LogP contribution in [0, 0.1) is 6.92 Å². The van der Waals surface area contributed by atoms with Crippen molar-refractivity contribution < 1.29 is 4.79 Å². The van der Waals surface area contributed by atoms with Gasteiger partial charge in [-0.3, -0.25) is 9.59 Å². The van der Waals surface area contributed by atoms with Crippen molar-refractivity contribution in [2.45, 2.75) is 46.1 Å². The number of anilines is 3. The predicted molar refractivity (Wildman–Crippen MR) is 160 cm³/mol. The first-order valence-electron chi connectivity index (χ1n) is 13.2. The van der Waals surface area contributed by atoms with E-state index in [-0.39, 0.29) is 16.9 Å². The van der Waals surface area contributed by atoms with E-state index in [2.05, 4.69) is 43.4 Å². The summed E-state index contributed by atoms with van der Waals surface area (Å²) < 4.78 is 1.58. The van der Waals surface area contributed by atoms with Crippen LogP contribution in [0.15, 0.2) is 59.5 Å². The van der Waals surface area contributed by atoms with Crippen LogP contribution in [0.1, 0.15) is 52.8 Å². The average Bonchev–Trinajstić information content (AvgIpc) is 3.28. The molecule has 0 radical (unpaired) electrons. The summed E-state index contributed by atoms with van der Waals surface area (Å²) in [7, 11) is 3.86. The first kappa shape index (κ1) is 26.8. The fourth-order valence-corrected chi connectivity index (χ4v) is 5.94. The second-order valence-electron chi connectivity index (χ2n) is 11.3. The molecule has 3 heterocycles. The summed E-state index contributed by atoms with van der Waals surface area (Å²) in [6.07, 6.45) is 2.75. The molecular weight excluding hydrogens is 506 g/mol. The molecule has 0 unspecified atom stereocenters. The van der Waals surface area contributed by atoms with E-state index in [4.69, 9.17) is 4.98 Å². The smallest absolute Gasteiger partial charge is 0.274 e. The molecule has 1 amide bonds. The highest BCUT2D eigenvalue weighted by atomic mass is 32.1. The quantitative estimate of drug-likeness (QED) is 0.319. The van der Waals surface area contributed by atoms with Crippen molar-refractivity contribution in [3.05, 3.63) is 92.3 Å². The van der Waals surface area contributed by atoms with Gasteiger partial charge in [-0.25, -0.2) is 4.98 Å². The van der Waals surface area contributed by atoms with Crippen LogP contribution in [0.2, 0.25) is 0 Å². The molecule has 0 aliphatic carbocycles. The van der Waals surface area contributed by atoms with E-state index in [9.17, 15) is 9.59 Å². The minimum absolute atomic E-state index is 0.0269. The highest BCUT2D eigenvalue weighted by molar-refractivity contribution is 7.15. The number of thiazole rings is 1. The van der Waals surface area contributed by atoms with Gasteiger partial charge in [-0.1, -0.05) is 45.0 Å². The molecule has 0 saturated carbocycles. The molecule has 4 aromatic rings. The molecule has 39 heavy (non-hydrogen) atoms. The number of pyridine rings is 1. The average molecular weight is 542 g/mol. The zero-order valence-corrected chi connectivity index (χ0v) is 24.2. The summed E-state index contributed by atoms with van der Waals surface area (Å²) in [6.45, 7) is 10.3. The number of hydrogen-bond donors (Lipinski definition) is 2. The lowest BCUT2D eigenvalue weighted by Gasteiger charge is -2.20. The highest BCUT2D eigenvalue weighted by Gasteiger charge is 2.20. The number of aryl methyl sites for hydroxylation is 1. The van der Waals surface area contributed by atoms with E-state index in [0.717, 1.165) is 52.7 Å². The number of carbonyl (C=O) groups excluding carboxylic acids is 1. The minimum atomic E-state index is -0.156. The lowest BCUT2D eigenvalue weighted by atomic mass is 9.86. The molecule has 2 aromatic carbocycles. The third-order valence-corrected chi connectivity index (χ3v) is 8.25. The maximum Gasteiger partial charge on any atom is 0.274 e. The first-order valence-corrected chi connectivity index (χ1v) is 14.0. The molecule has 0 spiro atoms. The van der Waals surface area contributed by atoms with E-state index in [1.54, 1.807) is 23.0 Å². The SMILES string of the molecule is Cc1c(NC(=O)c2ccc(C(C)(C)C)cc2)cccc1-c1cc(Nc2nc3c(s2)CN(C)CC3)c(=O)n(C)c1. The zero-order valence-electron chi connectivity index (χ0n) is 23.4. The van der Waals surface area contributed by atoms with Crippen molar-refractivity contribution in [1.29, 1.82) is 0 Å². The fourth-order valence-electron chi connectivity index (χ4n) is 4.84. The normalized spacial score (nSPS) is 13.7. The Bertz CT molecular complexity index is 1590. The molecule has 0 fully saturated rings. The third-order valence-electron chi connectivity index (χ3n) is 7.25. The summed E-state index contributed by atoms with van der Waals surface area (Å²) in [5, 5.41) is 7.09. The van der Waals surface area contributed by atoms with Crippen molar-refractivity contribution in [1.82, 2.24) is 14.5 Å². The molecule has 1 aliphatic heterocycles. The minimum Gasteiger partial charge on any atom is -0.327 e. The number of fused-ring (bicyclic) bond motifs is 1. The summed E-state index contributed by atoms with van der Waals surface area (Å²) in [6, 6.07) is 15.5. The largest absolute Gasteiger partial charge is 0.327 e. The Hall–Kier alpha value is -3.75. The Morgan fingerprint density at radius 3 is 2.51 bits per heavy atom. The van der Waals surface area contributed by atoms with Crippen LogP contribution in [0.5, 0.6) is 0 Å². The molecule has 0 saturated heterocycles. The van der Waals surface area contributed by atoms with Crippen molar-refractivity contribution >= 4 is 33.8 Å². The van der Waals surface area contributed by atoms with Gasteiger partial charge in [0.25, 0.3) is 11.5 Å². The van der Waals surface area contributed by atoms with Gasteiger partial charge >= 0.3 is 0 Å². The summed E-state index contributed by atoms with van der Waals surface area (Å²) in [4.78, 5) is 34.3. The third kappa shape index (κ3) is 5.67. The number of rotatable bonds is 5. The van der Waals surface area contributed by atoms with Gasteiger partial charge in [0.1, 0.15) is 5.69 Å². The molecule has 0 atom stereocenters. The number of amides is 1. The van der Waals surface area contributed by atoms with Gasteiger partial charge in [0.15, 0.2) is 5.13 Å². The molecule has 1 aliphatic rings. The number of benzene rings is 2. The molecule has 8 heteroatoms. The lowest BCUT2D eigenvalue weighted by molar-refractivity contribution is 0.102. The topological polar surface area (TPSA) is 79.3 Å². The number of aromatic nitrogens is 2. The zero-order chi connectivity index (χ0) is 27.9. The van der Waals surface area contributed by atoms with Crippen molar-refractivity contribution in [2.24, 2.45) is 7.05 Å². The highest BCUT2D eigenvalue weighted by Crippen LogP contribution is 2.32. The molecular formula is C31H35N5O2S. The maximum absolute atomic E-state index is 13.1. The second kappa shape index (κ2) is 10.4. The van der Waals surface area contributed by atoms with Gasteiger partial charge in [0.2, 0.25) is 0 Å². The predicted octanol–water partition coefficient (Wildman–Crippen LogP) is 6.10. The van der Waals surface area contributed by atoms with Crippen LogP contribution < -0.4 is 16.2 Å². The van der Waals surface area contributed by atoms with Crippen molar-refractivity contribution in [2.75, 3.05) is 24.2 Å². The molecule has 5 rings (SSSR count). The van der Waals surface area contributed by atoms with Gasteiger partial charge < -0.3 is 20.1 Å². The number of carbonyl (C=O) groups is 1. The van der Waals surface area contributed by atoms with Crippen LogP contribution in [0.25, 0.3) is 11.1 Å². The second-order valence-corrected chi connectivity index (χ2v) is 12.4. The van der Waals surface area contributed by atoms with Crippen molar-refractivity contribution in [3.8, 4) is 11.1 Å². The van der Waals surface area contributed by atoms with E-state index in [0.29, 0.717) is 11.3 Å². The van der Waals surface area contributed by atoms with Gasteiger partial charge in [-0.15, -0.1) is 11.3 Å². The van der Waals surface area contributed by atoms with E-state index in [1.807, 2.05) is 61.7 Å². The monoisotopic (exact) mass is 541 g/mol. The van der Waals surface area contributed by atoms with Crippen LogP contribution in [0.3, 0.4) is 0 Å². The van der Waals surface area contributed by atoms with Crippen molar-refractivity contribution in [3.63, 3.8) is 0 Å².